The molecule has 2 amide bonds. The molecule has 0 spiro atoms. The van der Waals surface area contributed by atoms with Crippen LogP contribution in [-0.2, 0) is 10.7 Å². The summed E-state index contributed by atoms with van der Waals surface area (Å²) < 4.78 is 51.9. The molecule has 206 valence electrons. The first-order valence-electron chi connectivity index (χ1n) is 12.3. The highest BCUT2D eigenvalue weighted by atomic mass is 19.3. The molecule has 2 aliphatic rings. The van der Waals surface area contributed by atoms with Gasteiger partial charge in [0, 0.05) is 36.0 Å². The lowest BCUT2D eigenvalue weighted by molar-refractivity contribution is -0.0280. The molecule has 7 nitrogen and oxygen atoms in total. The van der Waals surface area contributed by atoms with Gasteiger partial charge in [0.05, 0.1) is 12.8 Å². The molecule has 0 heterocycles. The lowest BCUT2D eigenvalue weighted by Crippen LogP contribution is -2.29. The van der Waals surface area contributed by atoms with Crippen molar-refractivity contribution in [2.24, 2.45) is 9.98 Å². The van der Waals surface area contributed by atoms with Gasteiger partial charge in [-0.05, 0) is 61.6 Å². The van der Waals surface area contributed by atoms with E-state index in [0.717, 1.165) is 35.4 Å². The van der Waals surface area contributed by atoms with Crippen molar-refractivity contribution in [3.63, 3.8) is 0 Å². The fourth-order valence-corrected chi connectivity index (χ4v) is 3.73. The van der Waals surface area contributed by atoms with Gasteiger partial charge < -0.3 is 20.1 Å². The van der Waals surface area contributed by atoms with Crippen molar-refractivity contribution >= 4 is 24.1 Å². The summed E-state index contributed by atoms with van der Waals surface area (Å²) in [5.74, 6) is -2.77. The third-order valence-corrected chi connectivity index (χ3v) is 5.72. The third kappa shape index (κ3) is 7.83. The number of halogens is 3. The Bertz CT molecular complexity index is 1320. The molecule has 1 aromatic rings. The number of ether oxygens (including phenoxy) is 2. The Kier molecular flexibility index (Phi) is 10.1. The summed E-state index contributed by atoms with van der Waals surface area (Å²) in [7, 11) is 1.33. The standard InChI is InChI=1S/C29H31F3N4O3/c1-5-14-34-19(2)15-27(33-3)39-25-13-11-23(20-8-6-7-9-21(25)16-20)35-28(37)36-24-17-22(29(31,32)18-30)10-12-26(24)38-4/h6-13,15,17H,3,5,14,16,18H2,1-2,4H3,(H2,35,36,37)/b27-15+,34-19?. The molecular weight excluding hydrogens is 509 g/mol. The molecule has 0 saturated carbocycles. The number of aliphatic imine (C=N–C) groups is 2. The minimum Gasteiger partial charge on any atom is -0.495 e. The number of hydrogen-bond donors (Lipinski definition) is 2. The van der Waals surface area contributed by atoms with Crippen LogP contribution in [0.1, 0.15) is 32.3 Å². The van der Waals surface area contributed by atoms with Gasteiger partial charge in [-0.3, -0.25) is 4.99 Å². The Morgan fingerprint density at radius 2 is 1.90 bits per heavy atom. The normalized spacial score (nSPS) is 15.6. The van der Waals surface area contributed by atoms with E-state index in [1.807, 2.05) is 38.2 Å². The number of carbonyl (C=O) groups is 1. The number of nitrogens with zero attached hydrogens (tertiary/aromatic N) is 2. The molecule has 0 unspecified atom stereocenters. The second-order valence-corrected chi connectivity index (χ2v) is 8.65. The van der Waals surface area contributed by atoms with Crippen molar-refractivity contribution in [1.82, 2.24) is 5.32 Å². The number of anilines is 1. The number of alkyl halides is 3. The van der Waals surface area contributed by atoms with Gasteiger partial charge in [-0.15, -0.1) is 0 Å². The highest BCUT2D eigenvalue weighted by Crippen LogP contribution is 2.35. The van der Waals surface area contributed by atoms with E-state index in [4.69, 9.17) is 9.47 Å². The molecule has 3 rings (SSSR count). The Labute approximate surface area is 225 Å². The number of allylic oxidation sites excluding steroid dienone is 9. The van der Waals surface area contributed by atoms with Crippen LogP contribution in [0, 0.1) is 0 Å². The second kappa shape index (κ2) is 13.5. The van der Waals surface area contributed by atoms with Crippen LogP contribution in [0.2, 0.25) is 0 Å². The van der Waals surface area contributed by atoms with Crippen LogP contribution in [-0.4, -0.2) is 38.8 Å². The average Bonchev–Trinajstić information content (AvgIpc) is 3.26. The van der Waals surface area contributed by atoms with Gasteiger partial charge in [-0.2, -0.15) is 8.78 Å². The topological polar surface area (TPSA) is 84.3 Å². The third-order valence-electron chi connectivity index (χ3n) is 5.72. The number of rotatable bonds is 11. The Hall–Kier alpha value is -4.34. The van der Waals surface area contributed by atoms with E-state index < -0.39 is 24.2 Å². The van der Waals surface area contributed by atoms with E-state index in [1.165, 1.54) is 13.2 Å². The highest BCUT2D eigenvalue weighted by molar-refractivity contribution is 5.93. The molecule has 2 bridgehead atoms. The van der Waals surface area contributed by atoms with E-state index in [1.54, 1.807) is 18.2 Å². The summed E-state index contributed by atoms with van der Waals surface area (Å²) in [5.41, 5.74) is 2.22. The van der Waals surface area contributed by atoms with Crippen LogP contribution in [0.3, 0.4) is 0 Å². The molecular formula is C29H31F3N4O3. The molecule has 0 aliphatic heterocycles. The first kappa shape index (κ1) is 29.2. The lowest BCUT2D eigenvalue weighted by Gasteiger charge is -2.18. The van der Waals surface area contributed by atoms with Crippen LogP contribution < -0.4 is 15.4 Å². The lowest BCUT2D eigenvalue weighted by atomic mass is 10.0. The van der Waals surface area contributed by atoms with Gasteiger partial charge in [-0.25, -0.2) is 14.2 Å². The largest absolute Gasteiger partial charge is 0.495 e. The van der Waals surface area contributed by atoms with Crippen molar-refractivity contribution in [2.45, 2.75) is 32.6 Å². The Balaban J connectivity index is 1.85. The number of urea groups is 1. The first-order chi connectivity index (χ1) is 18.7. The minimum atomic E-state index is -3.70. The number of amides is 2. The van der Waals surface area contributed by atoms with Gasteiger partial charge in [0.15, 0.2) is 6.67 Å². The fourth-order valence-electron chi connectivity index (χ4n) is 3.73. The quantitative estimate of drug-likeness (QED) is 0.237. The molecule has 1 aromatic carbocycles. The molecule has 0 fully saturated rings. The number of hydrogen-bond acceptors (Lipinski definition) is 5. The first-order valence-corrected chi connectivity index (χ1v) is 12.3. The van der Waals surface area contributed by atoms with E-state index in [-0.39, 0.29) is 17.3 Å². The Morgan fingerprint density at radius 1 is 1.15 bits per heavy atom. The van der Waals surface area contributed by atoms with Gasteiger partial charge >= 0.3 is 12.0 Å². The van der Waals surface area contributed by atoms with Crippen LogP contribution in [0.25, 0.3) is 0 Å². The van der Waals surface area contributed by atoms with Crippen LogP contribution in [0.4, 0.5) is 23.7 Å². The summed E-state index contributed by atoms with van der Waals surface area (Å²) in [6, 6.07) is 2.58. The maximum absolute atomic E-state index is 13.9. The van der Waals surface area contributed by atoms with E-state index in [0.29, 0.717) is 24.4 Å². The molecule has 0 saturated heterocycles. The zero-order valence-electron chi connectivity index (χ0n) is 22.1. The van der Waals surface area contributed by atoms with Gasteiger partial charge in [0.1, 0.15) is 11.5 Å². The number of benzene rings is 1. The number of fused-ring (bicyclic) bond motifs is 2. The maximum Gasteiger partial charge on any atom is 0.323 e. The monoisotopic (exact) mass is 540 g/mol. The molecule has 0 atom stereocenters. The summed E-state index contributed by atoms with van der Waals surface area (Å²) in [6.45, 7) is 6.30. The second-order valence-electron chi connectivity index (χ2n) is 8.65. The Morgan fingerprint density at radius 3 is 2.56 bits per heavy atom. The average molecular weight is 541 g/mol. The van der Waals surface area contributed by atoms with Gasteiger partial charge in [0.25, 0.3) is 0 Å². The summed E-state index contributed by atoms with van der Waals surface area (Å²) in [5, 5.41) is 5.27. The van der Waals surface area contributed by atoms with Crippen LogP contribution >= 0.6 is 0 Å². The number of carbonyl (C=O) groups excluding carboxylic acids is 1. The summed E-state index contributed by atoms with van der Waals surface area (Å²) >= 11 is 0. The molecule has 39 heavy (non-hydrogen) atoms. The van der Waals surface area contributed by atoms with Crippen LogP contribution in [0.15, 0.2) is 99.2 Å². The van der Waals surface area contributed by atoms with E-state index in [2.05, 4.69) is 27.3 Å². The fraction of sp³-hybridized carbons (Fsp3) is 0.276. The van der Waals surface area contributed by atoms with Crippen molar-refractivity contribution in [1.29, 1.82) is 0 Å². The van der Waals surface area contributed by atoms with Crippen molar-refractivity contribution in [2.75, 3.05) is 25.6 Å². The highest BCUT2D eigenvalue weighted by Gasteiger charge is 2.32. The van der Waals surface area contributed by atoms with Gasteiger partial charge in [0.2, 0.25) is 5.88 Å². The predicted octanol–water partition coefficient (Wildman–Crippen LogP) is 6.90. The molecule has 0 aromatic heterocycles. The smallest absolute Gasteiger partial charge is 0.323 e. The minimum absolute atomic E-state index is 0.0309. The molecule has 2 aliphatic carbocycles. The van der Waals surface area contributed by atoms with E-state index in [9.17, 15) is 18.0 Å². The maximum atomic E-state index is 13.9. The SMILES string of the molecule is C=N/C(=C\C(C)=NCCC)OC1=CC=C(NC(=O)Nc2cc(C(F)(F)CF)ccc2OC)C2=CC=CC=C1C2. The van der Waals surface area contributed by atoms with E-state index >= 15 is 0 Å². The molecule has 0 radical (unpaired) electrons. The van der Waals surface area contributed by atoms with Crippen molar-refractivity contribution < 1.29 is 27.4 Å². The summed E-state index contributed by atoms with van der Waals surface area (Å²) in [6.07, 6.45) is 13.8. The number of nitrogens with one attached hydrogen (secondary N) is 2. The van der Waals surface area contributed by atoms with Crippen molar-refractivity contribution in [3.05, 3.63) is 94.8 Å². The van der Waals surface area contributed by atoms with Crippen LogP contribution in [0.5, 0.6) is 5.75 Å². The zero-order valence-corrected chi connectivity index (χ0v) is 22.1. The molecule has 2 N–H and O–H groups in total. The van der Waals surface area contributed by atoms with Crippen molar-refractivity contribution in [3.8, 4) is 5.75 Å². The van der Waals surface area contributed by atoms with Gasteiger partial charge in [-0.1, -0.05) is 31.2 Å². The zero-order chi connectivity index (χ0) is 28.4. The summed E-state index contributed by atoms with van der Waals surface area (Å²) in [4.78, 5) is 21.3. The predicted molar refractivity (Wildman–Crippen MR) is 148 cm³/mol. The molecule has 10 heteroatoms. The number of methoxy groups -OCH3 is 1.